The van der Waals surface area contributed by atoms with Crippen molar-refractivity contribution >= 4 is 15.9 Å². The highest BCUT2D eigenvalue weighted by Gasteiger charge is 2.12. The second-order valence-corrected chi connectivity index (χ2v) is 5.47. The third-order valence-corrected chi connectivity index (χ3v) is 3.98. The maximum absolute atomic E-state index is 10.2. The Labute approximate surface area is 119 Å². The van der Waals surface area contributed by atoms with E-state index in [1.165, 1.54) is 12.8 Å². The fourth-order valence-electron chi connectivity index (χ4n) is 2.02. The highest BCUT2D eigenvalue weighted by atomic mass is 79.9. The molecule has 2 nitrogen and oxygen atoms in total. The highest BCUT2D eigenvalue weighted by molar-refractivity contribution is 9.10. The molecule has 0 aliphatic carbocycles. The van der Waals surface area contributed by atoms with Crippen molar-refractivity contribution in [3.8, 4) is 0 Å². The van der Waals surface area contributed by atoms with E-state index in [1.54, 1.807) is 0 Å². The first-order chi connectivity index (χ1) is 8.69. The van der Waals surface area contributed by atoms with Gasteiger partial charge in [-0.25, -0.2) is 0 Å². The fraction of sp³-hybridized carbons (Fsp3) is 0.600. The molecular weight excluding hydrogens is 290 g/mol. The van der Waals surface area contributed by atoms with Crippen molar-refractivity contribution < 1.29 is 5.11 Å². The van der Waals surface area contributed by atoms with Crippen molar-refractivity contribution in [2.24, 2.45) is 0 Å². The van der Waals surface area contributed by atoms with Gasteiger partial charge >= 0.3 is 0 Å². The van der Waals surface area contributed by atoms with E-state index < -0.39 is 0 Å². The van der Waals surface area contributed by atoms with E-state index in [1.807, 2.05) is 24.3 Å². The summed E-state index contributed by atoms with van der Waals surface area (Å²) in [5.41, 5.74) is 0.990. The molecule has 1 rings (SSSR count). The Morgan fingerprint density at radius 2 is 1.94 bits per heavy atom. The zero-order chi connectivity index (χ0) is 13.4. The maximum Gasteiger partial charge on any atom is 0.0813 e. The second kappa shape index (κ2) is 8.68. The number of aliphatic hydroxyl groups excluding tert-OH is 1. The number of nitrogens with zero attached hydrogens (tertiary/aromatic N) is 1. The number of hydrogen-bond donors (Lipinski definition) is 1. The lowest BCUT2D eigenvalue weighted by molar-refractivity contribution is 0.142. The van der Waals surface area contributed by atoms with Gasteiger partial charge in [0.05, 0.1) is 6.10 Å². The van der Waals surface area contributed by atoms with E-state index in [0.29, 0.717) is 0 Å². The second-order valence-electron chi connectivity index (χ2n) is 4.61. The largest absolute Gasteiger partial charge is 0.388 e. The summed E-state index contributed by atoms with van der Waals surface area (Å²) in [6, 6.07) is 7.90. The Morgan fingerprint density at radius 1 is 1.22 bits per heavy atom. The Morgan fingerprint density at radius 3 is 2.56 bits per heavy atom. The van der Waals surface area contributed by atoms with Gasteiger partial charge in [0.25, 0.3) is 0 Å². The van der Waals surface area contributed by atoms with Gasteiger partial charge in [0.2, 0.25) is 0 Å². The molecule has 0 spiro atoms. The summed E-state index contributed by atoms with van der Waals surface area (Å²) in [5.74, 6) is 0. The zero-order valence-electron chi connectivity index (χ0n) is 11.4. The van der Waals surface area contributed by atoms with Crippen LogP contribution in [0.1, 0.15) is 44.8 Å². The van der Waals surface area contributed by atoms with Crippen LogP contribution >= 0.6 is 15.9 Å². The predicted octanol–water partition coefficient (Wildman–Crippen LogP) is 3.99. The molecule has 18 heavy (non-hydrogen) atoms. The number of benzene rings is 1. The molecule has 3 heteroatoms. The van der Waals surface area contributed by atoms with E-state index in [4.69, 9.17) is 0 Å². The third kappa shape index (κ3) is 5.09. The molecule has 1 N–H and O–H groups in total. The molecule has 0 fully saturated rings. The lowest BCUT2D eigenvalue weighted by atomic mass is 10.1. The Bertz CT molecular complexity index is 343. The van der Waals surface area contributed by atoms with Gasteiger partial charge in [-0.15, -0.1) is 0 Å². The van der Waals surface area contributed by atoms with Crippen LogP contribution in [0.4, 0.5) is 0 Å². The first-order valence-electron chi connectivity index (χ1n) is 6.83. The number of hydrogen-bond acceptors (Lipinski definition) is 2. The third-order valence-electron chi connectivity index (χ3n) is 3.26. The number of halogens is 1. The molecule has 1 atom stereocenters. The SMILES string of the molecule is CCCCN(CC)CCC(O)c1ccccc1Br. The molecule has 0 saturated heterocycles. The van der Waals surface area contributed by atoms with Crippen LogP contribution in [0.15, 0.2) is 28.7 Å². The maximum atomic E-state index is 10.2. The Balaban J connectivity index is 2.44. The van der Waals surface area contributed by atoms with Crippen molar-refractivity contribution in [1.82, 2.24) is 4.90 Å². The number of rotatable bonds is 8. The van der Waals surface area contributed by atoms with Crippen molar-refractivity contribution in [2.75, 3.05) is 19.6 Å². The van der Waals surface area contributed by atoms with Gasteiger partial charge in [-0.1, -0.05) is 54.4 Å². The van der Waals surface area contributed by atoms with Gasteiger partial charge in [-0.2, -0.15) is 0 Å². The van der Waals surface area contributed by atoms with E-state index in [2.05, 4.69) is 34.7 Å². The summed E-state index contributed by atoms with van der Waals surface area (Å²) in [4.78, 5) is 2.41. The van der Waals surface area contributed by atoms with Crippen LogP contribution in [-0.4, -0.2) is 29.6 Å². The summed E-state index contributed by atoms with van der Waals surface area (Å²) < 4.78 is 0.995. The number of aliphatic hydroxyl groups is 1. The Hall–Kier alpha value is -0.380. The minimum Gasteiger partial charge on any atom is -0.388 e. The van der Waals surface area contributed by atoms with Gasteiger partial charge in [-0.05, 0) is 37.6 Å². The van der Waals surface area contributed by atoms with Crippen LogP contribution in [0.3, 0.4) is 0 Å². The first kappa shape index (κ1) is 15.7. The van der Waals surface area contributed by atoms with Crippen LogP contribution in [0, 0.1) is 0 Å². The predicted molar refractivity (Wildman–Crippen MR) is 80.7 cm³/mol. The van der Waals surface area contributed by atoms with E-state index in [-0.39, 0.29) is 6.10 Å². The van der Waals surface area contributed by atoms with Crippen molar-refractivity contribution in [3.05, 3.63) is 34.3 Å². The van der Waals surface area contributed by atoms with Crippen molar-refractivity contribution in [1.29, 1.82) is 0 Å². The minimum absolute atomic E-state index is 0.378. The summed E-state index contributed by atoms with van der Waals surface area (Å²) in [6.45, 7) is 7.54. The molecule has 1 unspecified atom stereocenters. The molecule has 0 saturated carbocycles. The van der Waals surface area contributed by atoms with Gasteiger partial charge in [0, 0.05) is 11.0 Å². The minimum atomic E-state index is -0.378. The summed E-state index contributed by atoms with van der Waals surface area (Å²) >= 11 is 3.49. The lowest BCUT2D eigenvalue weighted by Crippen LogP contribution is -2.26. The molecular formula is C15H24BrNO. The molecule has 1 aromatic rings. The summed E-state index contributed by atoms with van der Waals surface area (Å²) in [6.07, 6.45) is 2.87. The fourth-order valence-corrected chi connectivity index (χ4v) is 2.56. The molecule has 0 heterocycles. The standard InChI is InChI=1S/C15H24BrNO/c1-3-5-11-17(4-2)12-10-15(18)13-8-6-7-9-14(13)16/h6-9,15,18H,3-5,10-12H2,1-2H3. The molecule has 0 aliphatic rings. The molecule has 0 radical (unpaired) electrons. The zero-order valence-corrected chi connectivity index (χ0v) is 13.0. The van der Waals surface area contributed by atoms with Gasteiger partial charge in [-0.3, -0.25) is 0 Å². The van der Waals surface area contributed by atoms with Crippen molar-refractivity contribution in [3.63, 3.8) is 0 Å². The van der Waals surface area contributed by atoms with Crippen LogP contribution in [-0.2, 0) is 0 Å². The summed E-state index contributed by atoms with van der Waals surface area (Å²) in [5, 5.41) is 10.2. The van der Waals surface area contributed by atoms with Crippen LogP contribution in [0.25, 0.3) is 0 Å². The lowest BCUT2D eigenvalue weighted by Gasteiger charge is -2.22. The monoisotopic (exact) mass is 313 g/mol. The average Bonchev–Trinajstić information content (AvgIpc) is 2.39. The number of unbranched alkanes of at least 4 members (excludes halogenated alkanes) is 1. The van der Waals surface area contributed by atoms with Gasteiger partial charge in [0.15, 0.2) is 0 Å². The highest BCUT2D eigenvalue weighted by Crippen LogP contribution is 2.25. The quantitative estimate of drug-likeness (QED) is 0.784. The summed E-state index contributed by atoms with van der Waals surface area (Å²) in [7, 11) is 0. The molecule has 0 aliphatic heterocycles. The molecule has 1 aromatic carbocycles. The topological polar surface area (TPSA) is 23.5 Å². The van der Waals surface area contributed by atoms with Crippen molar-refractivity contribution in [2.45, 2.75) is 39.2 Å². The van der Waals surface area contributed by atoms with Gasteiger partial charge < -0.3 is 10.0 Å². The van der Waals surface area contributed by atoms with Crippen LogP contribution in [0.5, 0.6) is 0 Å². The van der Waals surface area contributed by atoms with Crippen LogP contribution in [0.2, 0.25) is 0 Å². The molecule has 0 bridgehead atoms. The van der Waals surface area contributed by atoms with E-state index >= 15 is 0 Å². The first-order valence-corrected chi connectivity index (χ1v) is 7.63. The van der Waals surface area contributed by atoms with E-state index in [0.717, 1.165) is 36.1 Å². The van der Waals surface area contributed by atoms with E-state index in [9.17, 15) is 5.11 Å². The smallest absolute Gasteiger partial charge is 0.0813 e. The average molecular weight is 314 g/mol. The van der Waals surface area contributed by atoms with Gasteiger partial charge in [0.1, 0.15) is 0 Å². The molecule has 0 amide bonds. The molecule has 102 valence electrons. The Kier molecular flexibility index (Phi) is 7.56. The molecule has 0 aromatic heterocycles. The normalized spacial score (nSPS) is 12.9. The van der Waals surface area contributed by atoms with Crippen LogP contribution < -0.4 is 0 Å².